The van der Waals surface area contributed by atoms with Gasteiger partial charge in [0.05, 0.1) is 24.7 Å². The van der Waals surface area contributed by atoms with E-state index in [1.165, 1.54) is 5.56 Å². The number of pyridine rings is 1. The van der Waals surface area contributed by atoms with E-state index < -0.39 is 0 Å². The van der Waals surface area contributed by atoms with Gasteiger partial charge in [-0.05, 0) is 51.9 Å². The van der Waals surface area contributed by atoms with Crippen LogP contribution in [0.2, 0.25) is 0 Å². The molecule has 10 nitrogen and oxygen atoms in total. The zero-order chi connectivity index (χ0) is 24.3. The van der Waals surface area contributed by atoms with Crippen molar-refractivity contribution in [3.63, 3.8) is 0 Å². The molecule has 2 aromatic heterocycles. The fourth-order valence-electron chi connectivity index (χ4n) is 5.01. The van der Waals surface area contributed by atoms with Crippen molar-refractivity contribution in [1.82, 2.24) is 35.0 Å². The van der Waals surface area contributed by atoms with Crippen LogP contribution in [0.1, 0.15) is 23.0 Å². The second-order valence-corrected chi connectivity index (χ2v) is 9.11. The van der Waals surface area contributed by atoms with E-state index in [9.17, 15) is 0 Å². The number of nitrogens with zero attached hydrogens (tertiary/aromatic N) is 7. The largest absolute Gasteiger partial charge is 0.454 e. The van der Waals surface area contributed by atoms with Crippen LogP contribution >= 0.6 is 0 Å². The SMILES string of the molecule is COCCn1nnnc1C(c1ccc2ncccc2c1)N1CCN(Cc2ccc3c(c2)OCO3)CC1. The van der Waals surface area contributed by atoms with Crippen LogP contribution in [0.15, 0.2) is 54.7 Å². The maximum atomic E-state index is 5.55. The second kappa shape index (κ2) is 10.2. The molecule has 6 rings (SSSR count). The summed E-state index contributed by atoms with van der Waals surface area (Å²) in [7, 11) is 1.69. The first-order valence-electron chi connectivity index (χ1n) is 12.2. The molecule has 0 N–H and O–H groups in total. The smallest absolute Gasteiger partial charge is 0.231 e. The number of methoxy groups -OCH3 is 1. The first-order valence-corrected chi connectivity index (χ1v) is 12.2. The Kier molecular flexibility index (Phi) is 6.46. The summed E-state index contributed by atoms with van der Waals surface area (Å²) in [5.41, 5.74) is 3.37. The summed E-state index contributed by atoms with van der Waals surface area (Å²) in [4.78, 5) is 9.44. The quantitative estimate of drug-likeness (QED) is 0.372. The normalized spacial score (nSPS) is 17.0. The number of ether oxygens (including phenoxy) is 3. The van der Waals surface area contributed by atoms with Crippen LogP contribution < -0.4 is 9.47 Å². The maximum Gasteiger partial charge on any atom is 0.231 e. The van der Waals surface area contributed by atoms with Gasteiger partial charge in [0.2, 0.25) is 6.79 Å². The van der Waals surface area contributed by atoms with Crippen molar-refractivity contribution >= 4 is 10.9 Å². The number of hydrogen-bond donors (Lipinski definition) is 0. The van der Waals surface area contributed by atoms with Gasteiger partial charge in [0.1, 0.15) is 0 Å². The minimum absolute atomic E-state index is 0.0610. The van der Waals surface area contributed by atoms with Crippen LogP contribution in [-0.2, 0) is 17.8 Å². The van der Waals surface area contributed by atoms with Gasteiger partial charge in [-0.1, -0.05) is 18.2 Å². The molecule has 4 aromatic rings. The molecular formula is C26H29N7O3. The van der Waals surface area contributed by atoms with E-state index in [1.54, 1.807) is 7.11 Å². The van der Waals surface area contributed by atoms with Crippen molar-refractivity contribution in [2.45, 2.75) is 19.1 Å². The lowest BCUT2D eigenvalue weighted by atomic mass is 10.0. The summed E-state index contributed by atoms with van der Waals surface area (Å²) < 4.78 is 18.2. The van der Waals surface area contributed by atoms with Crippen LogP contribution in [0.25, 0.3) is 10.9 Å². The van der Waals surface area contributed by atoms with Crippen molar-refractivity contribution in [2.24, 2.45) is 0 Å². The van der Waals surface area contributed by atoms with E-state index in [2.05, 4.69) is 66.7 Å². The highest BCUT2D eigenvalue weighted by Crippen LogP contribution is 2.33. The predicted molar refractivity (Wildman–Crippen MR) is 133 cm³/mol. The minimum atomic E-state index is -0.0610. The van der Waals surface area contributed by atoms with Crippen LogP contribution in [-0.4, -0.2) is 81.7 Å². The molecule has 2 aromatic carbocycles. The second-order valence-electron chi connectivity index (χ2n) is 9.11. The number of fused-ring (bicyclic) bond motifs is 2. The summed E-state index contributed by atoms with van der Waals surface area (Å²) in [6.45, 7) is 6.02. The third kappa shape index (κ3) is 4.62. The van der Waals surface area contributed by atoms with Crippen molar-refractivity contribution in [3.05, 3.63) is 71.7 Å². The molecule has 0 spiro atoms. The molecule has 10 heteroatoms. The topological polar surface area (TPSA) is 90.7 Å². The van der Waals surface area contributed by atoms with Crippen LogP contribution in [0.3, 0.4) is 0 Å². The molecule has 36 heavy (non-hydrogen) atoms. The average Bonchev–Trinajstić information content (AvgIpc) is 3.58. The average molecular weight is 488 g/mol. The molecule has 0 aliphatic carbocycles. The van der Waals surface area contributed by atoms with Gasteiger partial charge in [0, 0.05) is 51.4 Å². The van der Waals surface area contributed by atoms with E-state index in [-0.39, 0.29) is 6.04 Å². The van der Waals surface area contributed by atoms with Gasteiger partial charge in [-0.3, -0.25) is 14.8 Å². The summed E-state index contributed by atoms with van der Waals surface area (Å²) in [6, 6.07) is 16.7. The molecule has 0 radical (unpaired) electrons. The van der Waals surface area contributed by atoms with Crippen molar-refractivity contribution in [1.29, 1.82) is 0 Å². The van der Waals surface area contributed by atoms with Crippen molar-refractivity contribution in [3.8, 4) is 11.5 Å². The lowest BCUT2D eigenvalue weighted by molar-refractivity contribution is 0.0988. The van der Waals surface area contributed by atoms with E-state index >= 15 is 0 Å². The molecule has 2 aliphatic heterocycles. The van der Waals surface area contributed by atoms with Gasteiger partial charge in [-0.15, -0.1) is 5.10 Å². The first-order chi connectivity index (χ1) is 17.8. The molecule has 0 amide bonds. The minimum Gasteiger partial charge on any atom is -0.454 e. The zero-order valence-corrected chi connectivity index (χ0v) is 20.3. The van der Waals surface area contributed by atoms with Crippen LogP contribution in [0.5, 0.6) is 11.5 Å². The molecule has 0 bridgehead atoms. The fourth-order valence-corrected chi connectivity index (χ4v) is 5.01. The Labute approximate surface area is 209 Å². The number of aromatic nitrogens is 5. The lowest BCUT2D eigenvalue weighted by Crippen LogP contribution is -2.48. The zero-order valence-electron chi connectivity index (χ0n) is 20.3. The Morgan fingerprint density at radius 3 is 2.78 bits per heavy atom. The van der Waals surface area contributed by atoms with Crippen molar-refractivity contribution < 1.29 is 14.2 Å². The van der Waals surface area contributed by atoms with Crippen LogP contribution in [0, 0.1) is 0 Å². The number of piperazine rings is 1. The fraction of sp³-hybridized carbons (Fsp3) is 0.385. The number of hydrogen-bond acceptors (Lipinski definition) is 9. The highest BCUT2D eigenvalue weighted by Gasteiger charge is 2.31. The monoisotopic (exact) mass is 487 g/mol. The van der Waals surface area contributed by atoms with E-state index in [1.807, 2.05) is 23.0 Å². The Bertz CT molecular complexity index is 1340. The third-order valence-electron chi connectivity index (χ3n) is 6.87. The predicted octanol–water partition coefficient (Wildman–Crippen LogP) is 2.50. The summed E-state index contributed by atoms with van der Waals surface area (Å²) in [5.74, 6) is 2.49. The summed E-state index contributed by atoms with van der Waals surface area (Å²) in [6.07, 6.45) is 1.82. The molecule has 1 atom stereocenters. The van der Waals surface area contributed by atoms with Crippen LogP contribution in [0.4, 0.5) is 0 Å². The molecule has 1 fully saturated rings. The van der Waals surface area contributed by atoms with Gasteiger partial charge < -0.3 is 14.2 Å². The van der Waals surface area contributed by atoms with Crippen molar-refractivity contribution in [2.75, 3.05) is 46.7 Å². The standard InChI is InChI=1S/C26H29N7O3/c1-34-14-13-33-26(28-29-30-33)25(21-5-6-22-20(16-21)3-2-8-27-22)32-11-9-31(10-12-32)17-19-4-7-23-24(15-19)36-18-35-23/h2-8,15-16,25H,9-14,17-18H2,1H3. The Hall–Kier alpha value is -3.60. The maximum absolute atomic E-state index is 5.55. The highest BCUT2D eigenvalue weighted by molar-refractivity contribution is 5.79. The third-order valence-corrected chi connectivity index (χ3v) is 6.87. The molecular weight excluding hydrogens is 458 g/mol. The Morgan fingerprint density at radius 1 is 1.00 bits per heavy atom. The van der Waals surface area contributed by atoms with E-state index in [4.69, 9.17) is 14.2 Å². The molecule has 1 unspecified atom stereocenters. The molecule has 186 valence electrons. The molecule has 0 saturated carbocycles. The van der Waals surface area contributed by atoms with Gasteiger partial charge in [-0.2, -0.15) is 0 Å². The molecule has 1 saturated heterocycles. The summed E-state index contributed by atoms with van der Waals surface area (Å²) in [5, 5.41) is 13.9. The Balaban J connectivity index is 1.23. The number of rotatable bonds is 8. The number of tetrazole rings is 1. The Morgan fingerprint density at radius 2 is 1.89 bits per heavy atom. The van der Waals surface area contributed by atoms with E-state index in [0.29, 0.717) is 19.9 Å². The van der Waals surface area contributed by atoms with Gasteiger partial charge >= 0.3 is 0 Å². The molecule has 4 heterocycles. The lowest BCUT2D eigenvalue weighted by Gasteiger charge is -2.39. The summed E-state index contributed by atoms with van der Waals surface area (Å²) >= 11 is 0. The van der Waals surface area contributed by atoms with Gasteiger partial charge in [0.25, 0.3) is 0 Å². The van der Waals surface area contributed by atoms with E-state index in [0.717, 1.165) is 66.5 Å². The molecule has 2 aliphatic rings. The van der Waals surface area contributed by atoms with Gasteiger partial charge in [0.15, 0.2) is 17.3 Å². The number of benzene rings is 2. The highest BCUT2D eigenvalue weighted by atomic mass is 16.7. The van der Waals surface area contributed by atoms with Gasteiger partial charge in [-0.25, -0.2) is 4.68 Å². The first kappa shape index (κ1) is 22.8.